The van der Waals surface area contributed by atoms with Crippen LogP contribution in [0.5, 0.6) is 0 Å². The van der Waals surface area contributed by atoms with Crippen molar-refractivity contribution in [2.75, 3.05) is 13.1 Å². The standard InChI is InChI=1S/C22H31N3O2/c23-19-13-17-7-4-8-18(14-19)20(17)24-21(26)15-9-11-25(12-10-15)22(27)16-5-2-1-3-6-16/h1-3,5-6,15,17-20H,4,7-14,23H2,(H,24,26). The number of hydrogen-bond donors (Lipinski definition) is 2. The van der Waals surface area contributed by atoms with Crippen molar-refractivity contribution in [2.24, 2.45) is 23.5 Å². The molecule has 1 aliphatic heterocycles. The van der Waals surface area contributed by atoms with Crippen LogP contribution in [0.4, 0.5) is 0 Å². The lowest BCUT2D eigenvalue weighted by atomic mass is 9.67. The van der Waals surface area contributed by atoms with Gasteiger partial charge in [0.15, 0.2) is 0 Å². The number of nitrogens with one attached hydrogen (secondary N) is 1. The van der Waals surface area contributed by atoms with Crippen LogP contribution in [0, 0.1) is 17.8 Å². The number of piperidine rings is 1. The highest BCUT2D eigenvalue weighted by Crippen LogP contribution is 2.40. The van der Waals surface area contributed by atoms with Crippen molar-refractivity contribution in [2.45, 2.75) is 57.0 Å². The van der Waals surface area contributed by atoms with Gasteiger partial charge in [0, 0.05) is 36.7 Å². The number of likely N-dealkylation sites (tertiary alicyclic amines) is 1. The fraction of sp³-hybridized carbons (Fsp3) is 0.636. The van der Waals surface area contributed by atoms with E-state index in [1.165, 1.54) is 19.3 Å². The molecule has 0 spiro atoms. The third kappa shape index (κ3) is 4.03. The predicted octanol–water partition coefficient (Wildman–Crippen LogP) is 2.56. The van der Waals surface area contributed by atoms with Gasteiger partial charge >= 0.3 is 0 Å². The fourth-order valence-electron chi connectivity index (χ4n) is 5.42. The largest absolute Gasteiger partial charge is 0.353 e. The lowest BCUT2D eigenvalue weighted by molar-refractivity contribution is -0.128. The fourth-order valence-corrected chi connectivity index (χ4v) is 5.42. The Hall–Kier alpha value is -1.88. The van der Waals surface area contributed by atoms with Gasteiger partial charge in [-0.1, -0.05) is 24.6 Å². The van der Waals surface area contributed by atoms with E-state index in [0.29, 0.717) is 37.0 Å². The van der Waals surface area contributed by atoms with Crippen molar-refractivity contribution in [1.29, 1.82) is 0 Å². The Morgan fingerprint density at radius 3 is 2.22 bits per heavy atom. The van der Waals surface area contributed by atoms with Crippen LogP contribution < -0.4 is 11.1 Å². The van der Waals surface area contributed by atoms with E-state index in [2.05, 4.69) is 5.32 Å². The summed E-state index contributed by atoms with van der Waals surface area (Å²) in [5, 5.41) is 3.39. The second-order valence-electron chi connectivity index (χ2n) is 8.65. The van der Waals surface area contributed by atoms with Crippen LogP contribution in [-0.4, -0.2) is 41.9 Å². The molecule has 146 valence electrons. The summed E-state index contributed by atoms with van der Waals surface area (Å²) in [5.41, 5.74) is 6.93. The Morgan fingerprint density at radius 1 is 0.963 bits per heavy atom. The second-order valence-corrected chi connectivity index (χ2v) is 8.65. The van der Waals surface area contributed by atoms with E-state index in [1.54, 1.807) is 0 Å². The first-order chi connectivity index (χ1) is 13.1. The van der Waals surface area contributed by atoms with Crippen molar-refractivity contribution in [3.63, 3.8) is 0 Å². The quantitative estimate of drug-likeness (QED) is 0.860. The molecular formula is C22H31N3O2. The summed E-state index contributed by atoms with van der Waals surface area (Å²) in [6.45, 7) is 1.32. The summed E-state index contributed by atoms with van der Waals surface area (Å²) in [6.07, 6.45) is 7.27. The van der Waals surface area contributed by atoms with Crippen molar-refractivity contribution in [1.82, 2.24) is 10.2 Å². The number of benzene rings is 1. The molecule has 5 nitrogen and oxygen atoms in total. The van der Waals surface area contributed by atoms with Crippen molar-refractivity contribution >= 4 is 11.8 Å². The summed E-state index contributed by atoms with van der Waals surface area (Å²) >= 11 is 0. The van der Waals surface area contributed by atoms with Gasteiger partial charge in [0.25, 0.3) is 5.91 Å². The van der Waals surface area contributed by atoms with Crippen LogP contribution >= 0.6 is 0 Å². The van der Waals surface area contributed by atoms with Gasteiger partial charge in [0.1, 0.15) is 0 Å². The zero-order valence-electron chi connectivity index (χ0n) is 16.0. The number of amides is 2. The van der Waals surface area contributed by atoms with E-state index in [1.807, 2.05) is 35.2 Å². The lowest BCUT2D eigenvalue weighted by Gasteiger charge is -2.45. The minimum Gasteiger partial charge on any atom is -0.353 e. The Labute approximate surface area is 161 Å². The summed E-state index contributed by atoms with van der Waals surface area (Å²) in [6, 6.07) is 10.0. The first-order valence-electron chi connectivity index (χ1n) is 10.5. The molecule has 2 aliphatic carbocycles. The number of fused-ring (bicyclic) bond motifs is 2. The molecule has 2 bridgehead atoms. The van der Waals surface area contributed by atoms with Crippen LogP contribution in [0.25, 0.3) is 0 Å². The molecule has 2 amide bonds. The average Bonchev–Trinajstić information content (AvgIpc) is 2.69. The third-order valence-electron chi connectivity index (χ3n) is 6.86. The topological polar surface area (TPSA) is 75.4 Å². The van der Waals surface area contributed by atoms with Crippen LogP contribution in [0.2, 0.25) is 0 Å². The van der Waals surface area contributed by atoms with Crippen LogP contribution in [-0.2, 0) is 4.79 Å². The highest BCUT2D eigenvalue weighted by molar-refractivity contribution is 5.94. The van der Waals surface area contributed by atoms with Crippen LogP contribution in [0.15, 0.2) is 30.3 Å². The Kier molecular flexibility index (Phi) is 5.48. The molecule has 1 saturated heterocycles. The zero-order chi connectivity index (χ0) is 18.8. The molecular weight excluding hydrogens is 338 g/mol. The van der Waals surface area contributed by atoms with Crippen LogP contribution in [0.3, 0.4) is 0 Å². The van der Waals surface area contributed by atoms with Gasteiger partial charge in [-0.2, -0.15) is 0 Å². The molecule has 4 rings (SSSR count). The maximum absolute atomic E-state index is 12.9. The Balaban J connectivity index is 1.31. The molecule has 5 heteroatoms. The van der Waals surface area contributed by atoms with E-state index < -0.39 is 0 Å². The normalized spacial score (nSPS) is 31.4. The van der Waals surface area contributed by atoms with Crippen molar-refractivity contribution < 1.29 is 9.59 Å². The molecule has 2 saturated carbocycles. The first kappa shape index (κ1) is 18.5. The van der Waals surface area contributed by atoms with Gasteiger partial charge in [0.2, 0.25) is 5.91 Å². The highest BCUT2D eigenvalue weighted by atomic mass is 16.2. The van der Waals surface area contributed by atoms with E-state index >= 15 is 0 Å². The smallest absolute Gasteiger partial charge is 0.253 e. The molecule has 2 atom stereocenters. The summed E-state index contributed by atoms with van der Waals surface area (Å²) in [4.78, 5) is 27.3. The SMILES string of the molecule is NC1CC2CCCC(C1)C2NC(=O)C1CCN(C(=O)c2ccccc2)CC1. The maximum atomic E-state index is 12.9. The summed E-state index contributed by atoms with van der Waals surface area (Å²) < 4.78 is 0. The van der Waals surface area contributed by atoms with E-state index in [-0.39, 0.29) is 17.7 Å². The van der Waals surface area contributed by atoms with Gasteiger partial charge in [-0.3, -0.25) is 9.59 Å². The number of nitrogens with two attached hydrogens (primary N) is 1. The summed E-state index contributed by atoms with van der Waals surface area (Å²) in [5.74, 6) is 1.40. The van der Waals surface area contributed by atoms with E-state index in [4.69, 9.17) is 5.73 Å². The van der Waals surface area contributed by atoms with E-state index in [9.17, 15) is 9.59 Å². The van der Waals surface area contributed by atoms with Crippen LogP contribution in [0.1, 0.15) is 55.3 Å². The molecule has 3 fully saturated rings. The Bertz CT molecular complexity index is 655. The highest BCUT2D eigenvalue weighted by Gasteiger charge is 2.41. The third-order valence-corrected chi connectivity index (χ3v) is 6.86. The van der Waals surface area contributed by atoms with Crippen molar-refractivity contribution in [3.05, 3.63) is 35.9 Å². The number of carbonyl (C=O) groups is 2. The van der Waals surface area contributed by atoms with Gasteiger partial charge in [-0.05, 0) is 62.5 Å². The molecule has 1 aromatic rings. The Morgan fingerprint density at radius 2 is 1.59 bits per heavy atom. The monoisotopic (exact) mass is 369 g/mol. The van der Waals surface area contributed by atoms with Gasteiger partial charge < -0.3 is 16.0 Å². The lowest BCUT2D eigenvalue weighted by Crippen LogP contribution is -2.55. The first-order valence-corrected chi connectivity index (χ1v) is 10.5. The number of carbonyl (C=O) groups excluding carboxylic acids is 2. The summed E-state index contributed by atoms with van der Waals surface area (Å²) in [7, 11) is 0. The maximum Gasteiger partial charge on any atom is 0.253 e. The van der Waals surface area contributed by atoms with Gasteiger partial charge in [-0.15, -0.1) is 0 Å². The minimum absolute atomic E-state index is 0.0288. The van der Waals surface area contributed by atoms with E-state index in [0.717, 1.165) is 31.2 Å². The van der Waals surface area contributed by atoms with Crippen molar-refractivity contribution in [3.8, 4) is 0 Å². The number of hydrogen-bond acceptors (Lipinski definition) is 3. The predicted molar refractivity (Wildman–Crippen MR) is 105 cm³/mol. The molecule has 0 aromatic heterocycles. The average molecular weight is 370 g/mol. The number of nitrogens with zero attached hydrogens (tertiary/aromatic N) is 1. The number of rotatable bonds is 3. The molecule has 3 aliphatic rings. The molecule has 1 aromatic carbocycles. The molecule has 1 heterocycles. The van der Waals surface area contributed by atoms with Gasteiger partial charge in [-0.25, -0.2) is 0 Å². The molecule has 0 radical (unpaired) electrons. The minimum atomic E-state index is 0.0288. The zero-order valence-corrected chi connectivity index (χ0v) is 16.0. The molecule has 27 heavy (non-hydrogen) atoms. The molecule has 2 unspecified atom stereocenters. The molecule has 3 N–H and O–H groups in total. The van der Waals surface area contributed by atoms with Gasteiger partial charge in [0.05, 0.1) is 0 Å². The second kappa shape index (κ2) is 8.01.